The van der Waals surface area contributed by atoms with Gasteiger partial charge in [-0.05, 0) is 61.6 Å². The van der Waals surface area contributed by atoms with E-state index in [1.165, 1.54) is 0 Å². The molecule has 1 fully saturated rings. The van der Waals surface area contributed by atoms with Crippen LogP contribution < -0.4 is 5.32 Å². The van der Waals surface area contributed by atoms with Crippen LogP contribution in [0.1, 0.15) is 30.1 Å². The molecule has 134 valence electrons. The number of H-pyrrole nitrogens is 1. The lowest BCUT2D eigenvalue weighted by molar-refractivity contribution is 0.194. The number of phenols is 1. The number of imidazole rings is 1. The van der Waals surface area contributed by atoms with Crippen molar-refractivity contribution in [3.05, 3.63) is 53.9 Å². The van der Waals surface area contributed by atoms with Crippen LogP contribution in [0.4, 0.5) is 10.5 Å². The second-order valence-electron chi connectivity index (χ2n) is 6.84. The number of aromatic hydroxyl groups is 1. The summed E-state index contributed by atoms with van der Waals surface area (Å²) in [5.74, 6) is 1.54. The van der Waals surface area contributed by atoms with Gasteiger partial charge in [-0.3, -0.25) is 0 Å². The Bertz CT molecular complexity index is 942. The number of likely N-dealkylation sites (tertiary alicyclic amines) is 1. The number of carbonyl (C=O) groups is 1. The number of carbonyl (C=O) groups excluding carboxylic acids is 1. The lowest BCUT2D eigenvalue weighted by atomic mass is 9.89. The second-order valence-corrected chi connectivity index (χ2v) is 6.84. The van der Waals surface area contributed by atoms with Crippen LogP contribution in [0.15, 0.2) is 42.5 Å². The molecule has 1 aliphatic heterocycles. The van der Waals surface area contributed by atoms with Crippen LogP contribution in [0.25, 0.3) is 11.0 Å². The average molecular weight is 350 g/mol. The Labute approximate surface area is 151 Å². The maximum absolute atomic E-state index is 12.6. The van der Waals surface area contributed by atoms with Crippen molar-refractivity contribution in [1.82, 2.24) is 14.9 Å². The van der Waals surface area contributed by atoms with Gasteiger partial charge < -0.3 is 20.3 Å². The smallest absolute Gasteiger partial charge is 0.321 e. The zero-order chi connectivity index (χ0) is 18.1. The van der Waals surface area contributed by atoms with Gasteiger partial charge in [0.15, 0.2) is 0 Å². The molecule has 2 aromatic carbocycles. The molecule has 0 unspecified atom stereocenters. The molecule has 6 heteroatoms. The number of aromatic nitrogens is 2. The number of amides is 2. The van der Waals surface area contributed by atoms with Gasteiger partial charge >= 0.3 is 6.03 Å². The highest BCUT2D eigenvalue weighted by atomic mass is 16.3. The van der Waals surface area contributed by atoms with E-state index in [1.54, 1.807) is 6.07 Å². The number of rotatable bonds is 2. The fourth-order valence-electron chi connectivity index (χ4n) is 3.61. The zero-order valence-electron chi connectivity index (χ0n) is 14.7. The quantitative estimate of drug-likeness (QED) is 0.654. The van der Waals surface area contributed by atoms with Crippen LogP contribution >= 0.6 is 0 Å². The molecule has 3 N–H and O–H groups in total. The number of hydrogen-bond donors (Lipinski definition) is 3. The maximum Gasteiger partial charge on any atom is 0.321 e. The molecule has 0 radical (unpaired) electrons. The summed E-state index contributed by atoms with van der Waals surface area (Å²) >= 11 is 0. The van der Waals surface area contributed by atoms with Crippen LogP contribution in [0.3, 0.4) is 0 Å². The highest BCUT2D eigenvalue weighted by Crippen LogP contribution is 2.30. The molecule has 1 aliphatic rings. The van der Waals surface area contributed by atoms with E-state index >= 15 is 0 Å². The number of aromatic amines is 1. The summed E-state index contributed by atoms with van der Waals surface area (Å²) < 4.78 is 0. The topological polar surface area (TPSA) is 81.2 Å². The Balaban J connectivity index is 1.38. The predicted molar refractivity (Wildman–Crippen MR) is 102 cm³/mol. The van der Waals surface area contributed by atoms with Gasteiger partial charge in [0.2, 0.25) is 0 Å². The van der Waals surface area contributed by atoms with Gasteiger partial charge in [0, 0.05) is 18.8 Å². The first-order chi connectivity index (χ1) is 12.6. The molecule has 0 aliphatic carbocycles. The van der Waals surface area contributed by atoms with Crippen molar-refractivity contribution in [3.63, 3.8) is 0 Å². The van der Waals surface area contributed by atoms with Crippen molar-refractivity contribution in [1.29, 1.82) is 0 Å². The average Bonchev–Trinajstić information content (AvgIpc) is 3.01. The van der Waals surface area contributed by atoms with Crippen molar-refractivity contribution in [2.75, 3.05) is 18.4 Å². The molecule has 3 aromatic rings. The molecule has 26 heavy (non-hydrogen) atoms. The molecule has 0 spiro atoms. The monoisotopic (exact) mass is 350 g/mol. The Morgan fingerprint density at radius 1 is 1.23 bits per heavy atom. The first kappa shape index (κ1) is 16.4. The number of benzene rings is 2. The number of phenolic OH excluding ortho intramolecular Hbond substituents is 1. The van der Waals surface area contributed by atoms with Crippen molar-refractivity contribution < 1.29 is 9.90 Å². The predicted octanol–water partition coefficient (Wildman–Crippen LogP) is 3.99. The number of hydrogen-bond acceptors (Lipinski definition) is 3. The SMILES string of the molecule is Cc1nc2ccc(NC(=O)N3CCC(c4cccc(O)c4)CC3)cc2[nH]1. The third kappa shape index (κ3) is 3.35. The van der Waals surface area contributed by atoms with E-state index in [0.29, 0.717) is 24.8 Å². The molecule has 6 nitrogen and oxygen atoms in total. The Morgan fingerprint density at radius 3 is 2.81 bits per heavy atom. The van der Waals surface area contributed by atoms with E-state index in [2.05, 4.69) is 15.3 Å². The van der Waals surface area contributed by atoms with E-state index in [-0.39, 0.29) is 6.03 Å². The largest absolute Gasteiger partial charge is 0.508 e. The van der Waals surface area contributed by atoms with Gasteiger partial charge in [0.25, 0.3) is 0 Å². The number of aryl methyl sites for hydroxylation is 1. The first-order valence-corrected chi connectivity index (χ1v) is 8.90. The molecule has 2 heterocycles. The Kier molecular flexibility index (Phi) is 4.24. The Hall–Kier alpha value is -3.02. The minimum atomic E-state index is -0.0741. The standard InChI is InChI=1S/C20H22N4O2/c1-13-21-18-6-5-16(12-19(18)22-13)23-20(26)24-9-7-14(8-10-24)15-3-2-4-17(25)11-15/h2-6,11-12,14,25H,7-10H2,1H3,(H,21,22)(H,23,26). The molecule has 2 amide bonds. The van der Waals surface area contributed by atoms with E-state index in [1.807, 2.05) is 48.2 Å². The number of nitrogens with one attached hydrogen (secondary N) is 2. The van der Waals surface area contributed by atoms with Crippen LogP contribution in [0.5, 0.6) is 5.75 Å². The maximum atomic E-state index is 12.6. The third-order valence-corrected chi connectivity index (χ3v) is 4.98. The summed E-state index contributed by atoms with van der Waals surface area (Å²) in [6, 6.07) is 13.0. The van der Waals surface area contributed by atoms with Crippen LogP contribution in [-0.2, 0) is 0 Å². The molecule has 0 bridgehead atoms. The van der Waals surface area contributed by atoms with Crippen molar-refractivity contribution >= 4 is 22.8 Å². The zero-order valence-corrected chi connectivity index (χ0v) is 14.7. The van der Waals surface area contributed by atoms with E-state index in [0.717, 1.165) is 41.0 Å². The van der Waals surface area contributed by atoms with Gasteiger partial charge in [-0.15, -0.1) is 0 Å². The second kappa shape index (κ2) is 6.71. The highest BCUT2D eigenvalue weighted by Gasteiger charge is 2.24. The van der Waals surface area contributed by atoms with Gasteiger partial charge in [0.05, 0.1) is 11.0 Å². The number of anilines is 1. The van der Waals surface area contributed by atoms with Crippen molar-refractivity contribution in [3.8, 4) is 5.75 Å². The molecule has 0 atom stereocenters. The number of urea groups is 1. The lowest BCUT2D eigenvalue weighted by Crippen LogP contribution is -2.40. The normalized spacial score (nSPS) is 15.3. The van der Waals surface area contributed by atoms with Gasteiger partial charge in [0.1, 0.15) is 11.6 Å². The van der Waals surface area contributed by atoms with Crippen LogP contribution in [0, 0.1) is 6.92 Å². The summed E-state index contributed by atoms with van der Waals surface area (Å²) in [4.78, 5) is 22.0. The minimum Gasteiger partial charge on any atom is -0.508 e. The number of fused-ring (bicyclic) bond motifs is 1. The summed E-state index contributed by atoms with van der Waals surface area (Å²) in [5, 5.41) is 12.6. The van der Waals surface area contributed by atoms with Gasteiger partial charge in [-0.25, -0.2) is 9.78 Å². The summed E-state index contributed by atoms with van der Waals surface area (Å²) in [6.45, 7) is 3.32. The molecular weight excluding hydrogens is 328 g/mol. The summed E-state index contributed by atoms with van der Waals surface area (Å²) in [6.07, 6.45) is 1.80. The molecule has 0 saturated carbocycles. The highest BCUT2D eigenvalue weighted by molar-refractivity contribution is 5.92. The Morgan fingerprint density at radius 2 is 2.04 bits per heavy atom. The fourth-order valence-corrected chi connectivity index (χ4v) is 3.61. The van der Waals surface area contributed by atoms with E-state index < -0.39 is 0 Å². The number of nitrogens with zero attached hydrogens (tertiary/aromatic N) is 2. The minimum absolute atomic E-state index is 0.0741. The fraction of sp³-hybridized carbons (Fsp3) is 0.300. The van der Waals surface area contributed by atoms with E-state index in [9.17, 15) is 9.90 Å². The van der Waals surface area contributed by atoms with Gasteiger partial charge in [-0.2, -0.15) is 0 Å². The lowest BCUT2D eigenvalue weighted by Gasteiger charge is -2.32. The van der Waals surface area contributed by atoms with E-state index in [4.69, 9.17) is 0 Å². The van der Waals surface area contributed by atoms with Crippen LogP contribution in [0.2, 0.25) is 0 Å². The first-order valence-electron chi connectivity index (χ1n) is 8.90. The molecule has 4 rings (SSSR count). The van der Waals surface area contributed by atoms with Crippen molar-refractivity contribution in [2.45, 2.75) is 25.7 Å². The third-order valence-electron chi connectivity index (χ3n) is 4.98. The molecule has 1 saturated heterocycles. The molecular formula is C20H22N4O2. The summed E-state index contributed by atoms with van der Waals surface area (Å²) in [5.41, 5.74) is 3.72. The summed E-state index contributed by atoms with van der Waals surface area (Å²) in [7, 11) is 0. The van der Waals surface area contributed by atoms with Crippen molar-refractivity contribution in [2.24, 2.45) is 0 Å². The van der Waals surface area contributed by atoms with Gasteiger partial charge in [-0.1, -0.05) is 12.1 Å². The number of piperidine rings is 1. The molecule has 1 aromatic heterocycles. The van der Waals surface area contributed by atoms with Crippen LogP contribution in [-0.4, -0.2) is 39.1 Å².